The van der Waals surface area contributed by atoms with E-state index in [1.807, 2.05) is 0 Å². The molecule has 0 bridgehead atoms. The van der Waals surface area contributed by atoms with Gasteiger partial charge in [-0.2, -0.15) is 0 Å². The molecule has 2 aliphatic heterocycles. The molecule has 1 aromatic heterocycles. The van der Waals surface area contributed by atoms with Crippen molar-refractivity contribution in [3.63, 3.8) is 0 Å². The standard InChI is InChI=1S/C17H19N3O3S/c1-12-4-7-19(8-5-12)15(21)11-20-16(22)14(24-17(20)23)9-13-3-2-6-18-10-13/h2-3,6,9-10,12H,4-5,7-8,11H2,1H3/b14-9+. The molecule has 0 atom stereocenters. The molecule has 0 saturated carbocycles. The van der Waals surface area contributed by atoms with Crippen LogP contribution in [0, 0.1) is 5.92 Å². The van der Waals surface area contributed by atoms with Gasteiger partial charge in [0.15, 0.2) is 0 Å². The third-order valence-corrected chi connectivity index (χ3v) is 5.19. The minimum atomic E-state index is -0.410. The van der Waals surface area contributed by atoms with Crippen molar-refractivity contribution in [1.82, 2.24) is 14.8 Å². The average molecular weight is 345 g/mol. The first-order chi connectivity index (χ1) is 11.5. The Labute approximate surface area is 144 Å². The zero-order valence-corrected chi connectivity index (χ0v) is 14.3. The summed E-state index contributed by atoms with van der Waals surface area (Å²) < 4.78 is 0. The third-order valence-electron chi connectivity index (χ3n) is 4.29. The molecular weight excluding hydrogens is 326 g/mol. The van der Waals surface area contributed by atoms with Gasteiger partial charge in [0.05, 0.1) is 4.91 Å². The molecule has 24 heavy (non-hydrogen) atoms. The van der Waals surface area contributed by atoms with Gasteiger partial charge in [-0.05, 0) is 48.2 Å². The van der Waals surface area contributed by atoms with Crippen LogP contribution in [0.5, 0.6) is 0 Å². The van der Waals surface area contributed by atoms with Gasteiger partial charge in [-0.3, -0.25) is 24.3 Å². The lowest BCUT2D eigenvalue weighted by molar-refractivity contribution is -0.136. The SMILES string of the molecule is CC1CCN(C(=O)CN2C(=O)S/C(=C/c3cccnc3)C2=O)CC1. The molecule has 7 heteroatoms. The Kier molecular flexibility index (Phi) is 4.99. The van der Waals surface area contributed by atoms with Crippen molar-refractivity contribution in [3.05, 3.63) is 35.0 Å². The zero-order valence-electron chi connectivity index (χ0n) is 13.5. The third kappa shape index (κ3) is 3.67. The Balaban J connectivity index is 1.66. The Hall–Kier alpha value is -2.15. The molecule has 2 fully saturated rings. The largest absolute Gasteiger partial charge is 0.341 e. The highest BCUT2D eigenvalue weighted by atomic mass is 32.2. The minimum Gasteiger partial charge on any atom is -0.341 e. The van der Waals surface area contributed by atoms with E-state index in [4.69, 9.17) is 0 Å². The molecule has 2 saturated heterocycles. The summed E-state index contributed by atoms with van der Waals surface area (Å²) in [4.78, 5) is 44.0. The normalized spacial score (nSPS) is 21.0. The predicted molar refractivity (Wildman–Crippen MR) is 91.9 cm³/mol. The number of hydrogen-bond donors (Lipinski definition) is 0. The number of thioether (sulfide) groups is 1. The first-order valence-corrected chi connectivity index (χ1v) is 8.79. The molecule has 0 N–H and O–H groups in total. The summed E-state index contributed by atoms with van der Waals surface area (Å²) in [7, 11) is 0. The fourth-order valence-corrected chi connectivity index (χ4v) is 3.58. The minimum absolute atomic E-state index is 0.160. The van der Waals surface area contributed by atoms with Crippen LogP contribution in [0.4, 0.5) is 4.79 Å². The Morgan fingerprint density at radius 3 is 2.79 bits per heavy atom. The Morgan fingerprint density at radius 2 is 2.12 bits per heavy atom. The summed E-state index contributed by atoms with van der Waals surface area (Å²) in [5, 5.41) is -0.395. The molecule has 3 heterocycles. The first kappa shape index (κ1) is 16.7. The van der Waals surface area contributed by atoms with Crippen molar-refractivity contribution < 1.29 is 14.4 Å². The number of aromatic nitrogens is 1. The summed E-state index contributed by atoms with van der Waals surface area (Å²) in [6.45, 7) is 3.38. The van der Waals surface area contributed by atoms with Gasteiger partial charge in [-0.1, -0.05) is 13.0 Å². The molecule has 3 amide bonds. The molecule has 3 rings (SSSR count). The molecule has 0 aliphatic carbocycles. The van der Waals surface area contributed by atoms with Crippen LogP contribution in [0.25, 0.3) is 6.08 Å². The van der Waals surface area contributed by atoms with E-state index in [0.717, 1.165) is 35.1 Å². The molecule has 6 nitrogen and oxygen atoms in total. The van der Waals surface area contributed by atoms with Crippen molar-refractivity contribution in [2.75, 3.05) is 19.6 Å². The topological polar surface area (TPSA) is 70.6 Å². The molecule has 1 aromatic rings. The highest BCUT2D eigenvalue weighted by molar-refractivity contribution is 8.18. The van der Waals surface area contributed by atoms with Crippen molar-refractivity contribution in [2.24, 2.45) is 5.92 Å². The van der Waals surface area contributed by atoms with E-state index in [0.29, 0.717) is 23.9 Å². The lowest BCUT2D eigenvalue weighted by atomic mass is 9.99. The highest BCUT2D eigenvalue weighted by Crippen LogP contribution is 2.32. The summed E-state index contributed by atoms with van der Waals surface area (Å²) in [6, 6.07) is 3.57. The number of rotatable bonds is 3. The molecule has 0 radical (unpaired) electrons. The number of nitrogens with zero attached hydrogens (tertiary/aromatic N) is 3. The lowest BCUT2D eigenvalue weighted by Crippen LogP contribution is -2.45. The Bertz CT molecular complexity index is 682. The fraction of sp³-hybridized carbons (Fsp3) is 0.412. The van der Waals surface area contributed by atoms with Crippen molar-refractivity contribution in [2.45, 2.75) is 19.8 Å². The molecule has 0 unspecified atom stereocenters. The monoisotopic (exact) mass is 345 g/mol. The van der Waals surface area contributed by atoms with Crippen molar-refractivity contribution in [1.29, 1.82) is 0 Å². The van der Waals surface area contributed by atoms with Crippen LogP contribution in [0.15, 0.2) is 29.4 Å². The lowest BCUT2D eigenvalue weighted by Gasteiger charge is -2.31. The maximum Gasteiger partial charge on any atom is 0.294 e. The van der Waals surface area contributed by atoms with Gasteiger partial charge in [0, 0.05) is 25.5 Å². The number of carbonyl (C=O) groups is 3. The van der Waals surface area contributed by atoms with Gasteiger partial charge in [0.1, 0.15) is 6.54 Å². The Morgan fingerprint density at radius 1 is 1.38 bits per heavy atom. The van der Waals surface area contributed by atoms with E-state index in [1.165, 1.54) is 0 Å². The molecule has 2 aliphatic rings. The van der Waals surface area contributed by atoms with Crippen LogP contribution in [0.3, 0.4) is 0 Å². The van der Waals surface area contributed by atoms with Gasteiger partial charge >= 0.3 is 0 Å². The number of likely N-dealkylation sites (tertiary alicyclic amines) is 1. The van der Waals surface area contributed by atoms with Crippen molar-refractivity contribution in [3.8, 4) is 0 Å². The second kappa shape index (κ2) is 7.17. The van der Waals surface area contributed by atoms with Gasteiger partial charge in [-0.25, -0.2) is 0 Å². The van der Waals surface area contributed by atoms with E-state index in [-0.39, 0.29) is 12.5 Å². The second-order valence-electron chi connectivity index (χ2n) is 6.12. The van der Waals surface area contributed by atoms with Crippen LogP contribution in [0.2, 0.25) is 0 Å². The van der Waals surface area contributed by atoms with Gasteiger partial charge in [-0.15, -0.1) is 0 Å². The summed E-state index contributed by atoms with van der Waals surface area (Å²) in [5.74, 6) is 0.0492. The smallest absolute Gasteiger partial charge is 0.294 e. The number of carbonyl (C=O) groups excluding carboxylic acids is 3. The number of amides is 3. The predicted octanol–water partition coefficient (Wildman–Crippen LogP) is 2.38. The number of hydrogen-bond acceptors (Lipinski definition) is 5. The van der Waals surface area contributed by atoms with Crippen LogP contribution in [-0.4, -0.2) is 51.5 Å². The van der Waals surface area contributed by atoms with E-state index < -0.39 is 11.1 Å². The number of pyridine rings is 1. The molecule has 0 aromatic carbocycles. The highest BCUT2D eigenvalue weighted by Gasteiger charge is 2.37. The van der Waals surface area contributed by atoms with Crippen LogP contribution < -0.4 is 0 Å². The maximum absolute atomic E-state index is 12.4. The van der Waals surface area contributed by atoms with Crippen LogP contribution >= 0.6 is 11.8 Å². The molecular formula is C17H19N3O3S. The molecule has 126 valence electrons. The van der Waals surface area contributed by atoms with Crippen LogP contribution in [-0.2, 0) is 9.59 Å². The zero-order chi connectivity index (χ0) is 17.1. The van der Waals surface area contributed by atoms with Gasteiger partial charge in [0.2, 0.25) is 5.91 Å². The van der Waals surface area contributed by atoms with Gasteiger partial charge in [0.25, 0.3) is 11.1 Å². The second-order valence-corrected chi connectivity index (χ2v) is 7.11. The summed E-state index contributed by atoms with van der Waals surface area (Å²) in [5.41, 5.74) is 0.749. The van der Waals surface area contributed by atoms with E-state index in [2.05, 4.69) is 11.9 Å². The van der Waals surface area contributed by atoms with Gasteiger partial charge < -0.3 is 4.90 Å². The van der Waals surface area contributed by atoms with E-state index in [9.17, 15) is 14.4 Å². The van der Waals surface area contributed by atoms with E-state index >= 15 is 0 Å². The summed E-state index contributed by atoms with van der Waals surface area (Å²) >= 11 is 0.866. The molecule has 0 spiro atoms. The van der Waals surface area contributed by atoms with Crippen LogP contribution in [0.1, 0.15) is 25.3 Å². The fourth-order valence-electron chi connectivity index (χ4n) is 2.74. The van der Waals surface area contributed by atoms with Crippen molar-refractivity contribution >= 4 is 34.9 Å². The maximum atomic E-state index is 12.4. The van der Waals surface area contributed by atoms with E-state index in [1.54, 1.807) is 35.5 Å². The first-order valence-electron chi connectivity index (χ1n) is 7.98. The number of piperidine rings is 1. The quantitative estimate of drug-likeness (QED) is 0.787. The average Bonchev–Trinajstić information content (AvgIpc) is 2.84. The summed E-state index contributed by atoms with van der Waals surface area (Å²) in [6.07, 6.45) is 6.82. The number of imide groups is 1.